The van der Waals surface area contributed by atoms with E-state index in [0.717, 1.165) is 18.6 Å². The van der Waals surface area contributed by atoms with Crippen molar-refractivity contribution in [3.05, 3.63) is 46.3 Å². The lowest BCUT2D eigenvalue weighted by Crippen LogP contribution is -2.23. The molecule has 0 bridgehead atoms. The van der Waals surface area contributed by atoms with Crippen LogP contribution < -0.4 is 0 Å². The van der Waals surface area contributed by atoms with Gasteiger partial charge in [-0.2, -0.15) is 0 Å². The predicted molar refractivity (Wildman–Crippen MR) is 130 cm³/mol. The smallest absolute Gasteiger partial charge is 0.0869 e. The molecule has 0 radical (unpaired) electrons. The zero-order valence-corrected chi connectivity index (χ0v) is 19.9. The zero-order chi connectivity index (χ0) is 22.2. The summed E-state index contributed by atoms with van der Waals surface area (Å²) in [6, 6.07) is 10.0. The van der Waals surface area contributed by atoms with Crippen LogP contribution >= 0.6 is 0 Å². The third-order valence-corrected chi connectivity index (χ3v) is 5.62. The molecule has 1 atom stereocenters. The average Bonchev–Trinajstić information content (AvgIpc) is 2.80. The summed E-state index contributed by atoms with van der Waals surface area (Å²) >= 11 is 0. The summed E-state index contributed by atoms with van der Waals surface area (Å²) in [6.45, 7) is 4.32. The Balaban J connectivity index is 1.92. The van der Waals surface area contributed by atoms with E-state index in [1.165, 1.54) is 83.5 Å². The van der Waals surface area contributed by atoms with Crippen molar-refractivity contribution in [2.24, 2.45) is 5.11 Å². The molecule has 0 aliphatic carbocycles. The largest absolute Gasteiger partial charge is 0.379 e. The Morgan fingerprint density at radius 1 is 0.806 bits per heavy atom. The van der Waals surface area contributed by atoms with Crippen LogP contribution in [0.1, 0.15) is 102 Å². The summed E-state index contributed by atoms with van der Waals surface area (Å²) < 4.78 is 11.6. The molecule has 31 heavy (non-hydrogen) atoms. The molecule has 0 aliphatic rings. The molecular formula is C26H45N3O2. The van der Waals surface area contributed by atoms with E-state index in [4.69, 9.17) is 15.0 Å². The Bertz CT molecular complexity index is 547. The minimum Gasteiger partial charge on any atom is -0.379 e. The van der Waals surface area contributed by atoms with E-state index >= 15 is 0 Å². The minimum atomic E-state index is -0.192. The SMILES string of the molecule is CCCCCCCCCCCCCCCCOCC(CN=[N+]=[N-])OCc1ccccc1. The van der Waals surface area contributed by atoms with Gasteiger partial charge in [-0.15, -0.1) is 0 Å². The van der Waals surface area contributed by atoms with Gasteiger partial charge in [0.1, 0.15) is 0 Å². The van der Waals surface area contributed by atoms with Crippen molar-refractivity contribution in [1.82, 2.24) is 0 Å². The molecule has 0 saturated carbocycles. The van der Waals surface area contributed by atoms with Gasteiger partial charge in [0.25, 0.3) is 0 Å². The van der Waals surface area contributed by atoms with E-state index in [-0.39, 0.29) is 6.10 Å². The molecule has 1 aromatic rings. The van der Waals surface area contributed by atoms with Gasteiger partial charge in [-0.05, 0) is 17.5 Å². The van der Waals surface area contributed by atoms with E-state index in [1.807, 2.05) is 30.3 Å². The van der Waals surface area contributed by atoms with Crippen molar-refractivity contribution in [2.45, 2.75) is 110 Å². The first-order valence-corrected chi connectivity index (χ1v) is 12.6. The number of azide groups is 1. The molecule has 5 nitrogen and oxygen atoms in total. The second kappa shape index (κ2) is 21.7. The normalized spacial score (nSPS) is 11.9. The number of nitrogens with zero attached hydrogens (tertiary/aromatic N) is 3. The summed E-state index contributed by atoms with van der Waals surface area (Å²) in [5, 5.41) is 3.65. The van der Waals surface area contributed by atoms with E-state index in [2.05, 4.69) is 16.9 Å². The van der Waals surface area contributed by atoms with Crippen LogP contribution in [0.15, 0.2) is 35.4 Å². The van der Waals surface area contributed by atoms with Gasteiger partial charge in [-0.25, -0.2) is 0 Å². The second-order valence-electron chi connectivity index (χ2n) is 8.50. The van der Waals surface area contributed by atoms with Crippen LogP contribution in [-0.4, -0.2) is 25.9 Å². The van der Waals surface area contributed by atoms with Gasteiger partial charge in [0, 0.05) is 11.5 Å². The van der Waals surface area contributed by atoms with Crippen LogP contribution in [0.25, 0.3) is 10.4 Å². The molecule has 0 amide bonds. The number of unbranched alkanes of at least 4 members (excludes halogenated alkanes) is 13. The predicted octanol–water partition coefficient (Wildman–Crippen LogP) is 8.38. The van der Waals surface area contributed by atoms with Crippen molar-refractivity contribution in [2.75, 3.05) is 19.8 Å². The van der Waals surface area contributed by atoms with Crippen molar-refractivity contribution >= 4 is 0 Å². The van der Waals surface area contributed by atoms with Crippen molar-refractivity contribution in [3.63, 3.8) is 0 Å². The summed E-state index contributed by atoms with van der Waals surface area (Å²) in [5.41, 5.74) is 9.69. The molecule has 1 rings (SSSR count). The number of hydrogen-bond donors (Lipinski definition) is 0. The monoisotopic (exact) mass is 431 g/mol. The molecule has 0 N–H and O–H groups in total. The first kappa shape index (κ1) is 27.5. The van der Waals surface area contributed by atoms with Crippen LogP contribution in [0.4, 0.5) is 0 Å². The van der Waals surface area contributed by atoms with Gasteiger partial charge < -0.3 is 9.47 Å². The molecule has 1 aromatic carbocycles. The highest BCUT2D eigenvalue weighted by molar-refractivity contribution is 5.13. The number of benzene rings is 1. The van der Waals surface area contributed by atoms with E-state index < -0.39 is 0 Å². The molecular weight excluding hydrogens is 386 g/mol. The maximum absolute atomic E-state index is 8.57. The van der Waals surface area contributed by atoms with Crippen LogP contribution in [0, 0.1) is 0 Å². The Morgan fingerprint density at radius 2 is 1.35 bits per heavy atom. The number of ether oxygens (including phenoxy) is 2. The van der Waals surface area contributed by atoms with E-state index in [1.54, 1.807) is 0 Å². The van der Waals surface area contributed by atoms with Gasteiger partial charge in [0.15, 0.2) is 0 Å². The molecule has 1 unspecified atom stereocenters. The number of rotatable bonds is 22. The molecule has 0 heterocycles. The Morgan fingerprint density at radius 3 is 1.90 bits per heavy atom. The molecule has 5 heteroatoms. The highest BCUT2D eigenvalue weighted by Gasteiger charge is 2.09. The fourth-order valence-corrected chi connectivity index (χ4v) is 3.68. The van der Waals surface area contributed by atoms with E-state index in [9.17, 15) is 0 Å². The van der Waals surface area contributed by atoms with Gasteiger partial charge in [0.2, 0.25) is 0 Å². The zero-order valence-electron chi connectivity index (χ0n) is 19.9. The third-order valence-electron chi connectivity index (χ3n) is 5.62. The average molecular weight is 432 g/mol. The topological polar surface area (TPSA) is 67.2 Å². The summed E-state index contributed by atoms with van der Waals surface area (Å²) in [7, 11) is 0. The van der Waals surface area contributed by atoms with Crippen LogP contribution in [-0.2, 0) is 16.1 Å². The van der Waals surface area contributed by atoms with Gasteiger partial charge in [-0.1, -0.05) is 126 Å². The standard InChI is InChI=1S/C26H45N3O2/c1-2-3-4-5-6-7-8-9-10-11-12-13-14-18-21-30-24-26(22-28-29-27)31-23-25-19-16-15-17-20-25/h15-17,19-20,26H,2-14,18,21-24H2,1H3. The number of hydrogen-bond acceptors (Lipinski definition) is 3. The quantitative estimate of drug-likeness (QED) is 0.0800. The van der Waals surface area contributed by atoms with Crippen molar-refractivity contribution in [3.8, 4) is 0 Å². The Hall–Kier alpha value is -1.55. The summed E-state index contributed by atoms with van der Waals surface area (Å²) in [4.78, 5) is 2.84. The van der Waals surface area contributed by atoms with Crippen molar-refractivity contribution in [1.29, 1.82) is 0 Å². The van der Waals surface area contributed by atoms with Crippen molar-refractivity contribution < 1.29 is 9.47 Å². The van der Waals surface area contributed by atoms with Gasteiger partial charge in [0.05, 0.1) is 25.9 Å². The Labute approximate surface area is 190 Å². The first-order chi connectivity index (χ1) is 15.4. The third kappa shape index (κ3) is 17.8. The maximum atomic E-state index is 8.57. The highest BCUT2D eigenvalue weighted by atomic mass is 16.5. The lowest BCUT2D eigenvalue weighted by molar-refractivity contribution is -0.0203. The first-order valence-electron chi connectivity index (χ1n) is 12.6. The molecule has 0 aromatic heterocycles. The van der Waals surface area contributed by atoms with E-state index in [0.29, 0.717) is 19.8 Å². The Kier molecular flexibility index (Phi) is 19.2. The minimum absolute atomic E-state index is 0.192. The fourth-order valence-electron chi connectivity index (χ4n) is 3.68. The fraction of sp³-hybridized carbons (Fsp3) is 0.769. The molecule has 176 valence electrons. The van der Waals surface area contributed by atoms with Gasteiger partial charge >= 0.3 is 0 Å². The molecule has 0 fully saturated rings. The molecule has 0 aliphatic heterocycles. The molecule has 0 spiro atoms. The highest BCUT2D eigenvalue weighted by Crippen LogP contribution is 2.13. The second-order valence-corrected chi connectivity index (χ2v) is 8.50. The maximum Gasteiger partial charge on any atom is 0.0869 e. The summed E-state index contributed by atoms with van der Waals surface area (Å²) in [5.74, 6) is 0. The van der Waals surface area contributed by atoms with Gasteiger partial charge in [-0.3, -0.25) is 0 Å². The van der Waals surface area contributed by atoms with Crippen LogP contribution in [0.2, 0.25) is 0 Å². The summed E-state index contributed by atoms with van der Waals surface area (Å²) in [6.07, 6.45) is 18.8. The lowest BCUT2D eigenvalue weighted by atomic mass is 10.0. The molecule has 0 saturated heterocycles. The van der Waals surface area contributed by atoms with Crippen LogP contribution in [0.3, 0.4) is 0 Å². The van der Waals surface area contributed by atoms with Crippen LogP contribution in [0.5, 0.6) is 0 Å². The lowest BCUT2D eigenvalue weighted by Gasteiger charge is -2.16.